The molecule has 6 heteroatoms. The summed E-state index contributed by atoms with van der Waals surface area (Å²) in [6.07, 6.45) is 12.7. The fraction of sp³-hybridized carbons (Fsp3) is 0.900. The Bertz CT molecular complexity index is 392. The Morgan fingerprint density at radius 1 is 0.731 bits per heavy atom. The monoisotopic (exact) mass is 402 g/mol. The Morgan fingerprint density at radius 3 is 1.38 bits per heavy atom. The second-order valence-electron chi connectivity index (χ2n) is 7.38. The molecular formula is C20H34O4S2. The van der Waals surface area contributed by atoms with E-state index in [2.05, 4.69) is 0 Å². The third-order valence-corrected chi connectivity index (χ3v) is 8.58. The fourth-order valence-electron chi connectivity index (χ4n) is 3.53. The molecule has 4 nitrogen and oxygen atoms in total. The molecule has 0 heterocycles. The summed E-state index contributed by atoms with van der Waals surface area (Å²) in [7, 11) is 2.97. The van der Waals surface area contributed by atoms with Gasteiger partial charge in [0.25, 0.3) is 0 Å². The van der Waals surface area contributed by atoms with Crippen molar-refractivity contribution >= 4 is 33.5 Å². The van der Waals surface area contributed by atoms with Gasteiger partial charge in [-0.05, 0) is 64.2 Å². The van der Waals surface area contributed by atoms with E-state index in [1.54, 1.807) is 0 Å². The molecule has 2 aliphatic carbocycles. The maximum atomic E-state index is 12.5. The van der Waals surface area contributed by atoms with Crippen LogP contribution in [-0.2, 0) is 19.1 Å². The van der Waals surface area contributed by atoms with Gasteiger partial charge in [0.15, 0.2) is 0 Å². The summed E-state index contributed by atoms with van der Waals surface area (Å²) in [5.74, 6) is -0.236. The number of ether oxygens (including phenoxy) is 2. The summed E-state index contributed by atoms with van der Waals surface area (Å²) >= 11 is 0. The predicted molar refractivity (Wildman–Crippen MR) is 109 cm³/mol. The summed E-state index contributed by atoms with van der Waals surface area (Å²) in [4.78, 5) is 24.9. The SMILES string of the molecule is CCC(SSC(CC)C(=O)OC1CCCCC1)C(=O)OC1CCCCC1. The van der Waals surface area contributed by atoms with Crippen LogP contribution in [-0.4, -0.2) is 34.6 Å². The minimum absolute atomic E-state index is 0.0918. The minimum atomic E-state index is -0.210. The zero-order valence-corrected chi connectivity index (χ0v) is 17.9. The maximum absolute atomic E-state index is 12.5. The molecule has 2 aliphatic rings. The average Bonchev–Trinajstić information content (AvgIpc) is 2.66. The third kappa shape index (κ3) is 7.34. The lowest BCUT2D eigenvalue weighted by molar-refractivity contribution is -0.150. The molecule has 150 valence electrons. The van der Waals surface area contributed by atoms with Gasteiger partial charge >= 0.3 is 11.9 Å². The maximum Gasteiger partial charge on any atom is 0.320 e. The first-order valence-electron chi connectivity index (χ1n) is 10.4. The molecule has 2 fully saturated rings. The van der Waals surface area contributed by atoms with Gasteiger partial charge in [-0.15, -0.1) is 0 Å². The van der Waals surface area contributed by atoms with E-state index >= 15 is 0 Å². The minimum Gasteiger partial charge on any atom is -0.462 e. The van der Waals surface area contributed by atoms with Gasteiger partial charge in [-0.2, -0.15) is 0 Å². The molecule has 0 spiro atoms. The zero-order chi connectivity index (χ0) is 18.8. The van der Waals surface area contributed by atoms with Crippen molar-refractivity contribution in [3.63, 3.8) is 0 Å². The fourth-order valence-corrected chi connectivity index (χ4v) is 6.43. The van der Waals surface area contributed by atoms with Crippen LogP contribution in [0.2, 0.25) is 0 Å². The second kappa shape index (κ2) is 12.2. The van der Waals surface area contributed by atoms with Gasteiger partial charge < -0.3 is 9.47 Å². The standard InChI is InChI=1S/C20H34O4S2/c1-3-17(19(21)23-15-11-7-5-8-12-15)25-26-18(4-2)20(22)24-16-13-9-6-10-14-16/h15-18H,3-14H2,1-2H3. The molecule has 0 saturated heterocycles. The van der Waals surface area contributed by atoms with Crippen LogP contribution in [0, 0.1) is 0 Å². The topological polar surface area (TPSA) is 52.6 Å². The molecule has 0 amide bonds. The lowest BCUT2D eigenvalue weighted by Gasteiger charge is -2.25. The molecule has 2 saturated carbocycles. The number of esters is 2. The summed E-state index contributed by atoms with van der Waals surface area (Å²) < 4.78 is 11.4. The molecule has 2 unspecified atom stereocenters. The molecular weight excluding hydrogens is 368 g/mol. The van der Waals surface area contributed by atoms with E-state index in [1.807, 2.05) is 13.8 Å². The van der Waals surface area contributed by atoms with E-state index < -0.39 is 0 Å². The van der Waals surface area contributed by atoms with Crippen LogP contribution >= 0.6 is 21.6 Å². The number of hydrogen-bond acceptors (Lipinski definition) is 6. The van der Waals surface area contributed by atoms with Crippen molar-refractivity contribution < 1.29 is 19.1 Å². The highest BCUT2D eigenvalue weighted by Gasteiger charge is 2.29. The van der Waals surface area contributed by atoms with E-state index in [0.717, 1.165) is 64.2 Å². The van der Waals surface area contributed by atoms with Crippen molar-refractivity contribution in [3.8, 4) is 0 Å². The van der Waals surface area contributed by atoms with E-state index in [0.29, 0.717) is 0 Å². The molecule has 0 aromatic carbocycles. The van der Waals surface area contributed by atoms with Crippen molar-refractivity contribution in [3.05, 3.63) is 0 Å². The normalized spacial score (nSPS) is 21.8. The van der Waals surface area contributed by atoms with Gasteiger partial charge in [0.05, 0.1) is 0 Å². The molecule has 2 atom stereocenters. The Hall–Kier alpha value is -0.360. The van der Waals surface area contributed by atoms with Crippen molar-refractivity contribution in [2.45, 2.75) is 114 Å². The summed E-state index contributed by atoms with van der Waals surface area (Å²) in [6.45, 7) is 4.00. The molecule has 0 radical (unpaired) electrons. The number of rotatable bonds is 9. The Morgan fingerprint density at radius 2 is 1.08 bits per heavy atom. The quantitative estimate of drug-likeness (QED) is 0.365. The highest BCUT2D eigenvalue weighted by atomic mass is 33.1. The van der Waals surface area contributed by atoms with E-state index in [9.17, 15) is 9.59 Å². The summed E-state index contributed by atoms with van der Waals surface area (Å²) in [6, 6.07) is 0. The van der Waals surface area contributed by atoms with Crippen LogP contribution in [0.15, 0.2) is 0 Å². The number of carbonyl (C=O) groups excluding carboxylic acids is 2. The molecule has 0 bridgehead atoms. The highest BCUT2D eigenvalue weighted by molar-refractivity contribution is 8.77. The van der Waals surface area contributed by atoms with Crippen LogP contribution < -0.4 is 0 Å². The number of hydrogen-bond donors (Lipinski definition) is 0. The molecule has 0 aliphatic heterocycles. The Labute approximate surface area is 166 Å². The van der Waals surface area contributed by atoms with E-state index in [4.69, 9.17) is 9.47 Å². The first-order valence-corrected chi connectivity index (χ1v) is 12.6. The molecule has 0 aromatic heterocycles. The van der Waals surface area contributed by atoms with Crippen molar-refractivity contribution in [1.29, 1.82) is 0 Å². The van der Waals surface area contributed by atoms with Gasteiger partial charge in [0.2, 0.25) is 0 Å². The molecule has 2 rings (SSSR count). The van der Waals surface area contributed by atoms with E-state index in [-0.39, 0.29) is 34.6 Å². The van der Waals surface area contributed by atoms with Gasteiger partial charge in [0, 0.05) is 0 Å². The van der Waals surface area contributed by atoms with Crippen molar-refractivity contribution in [2.75, 3.05) is 0 Å². The first-order chi connectivity index (χ1) is 12.6. The molecule has 0 aromatic rings. The van der Waals surface area contributed by atoms with Crippen LogP contribution in [0.4, 0.5) is 0 Å². The average molecular weight is 403 g/mol. The lowest BCUT2D eigenvalue weighted by atomic mass is 9.98. The summed E-state index contributed by atoms with van der Waals surface area (Å²) in [5.41, 5.74) is 0. The highest BCUT2D eigenvalue weighted by Crippen LogP contribution is 2.36. The van der Waals surface area contributed by atoms with Gasteiger partial charge in [0.1, 0.15) is 22.7 Å². The summed E-state index contributed by atoms with van der Waals surface area (Å²) in [5, 5.41) is -0.420. The van der Waals surface area contributed by atoms with Crippen LogP contribution in [0.5, 0.6) is 0 Å². The molecule has 26 heavy (non-hydrogen) atoms. The molecule has 0 N–H and O–H groups in total. The van der Waals surface area contributed by atoms with Crippen molar-refractivity contribution in [1.82, 2.24) is 0 Å². The third-order valence-electron chi connectivity index (χ3n) is 5.23. The first kappa shape index (κ1) is 21.9. The lowest BCUT2D eigenvalue weighted by Crippen LogP contribution is -2.29. The Kier molecular flexibility index (Phi) is 10.3. The largest absolute Gasteiger partial charge is 0.462 e. The second-order valence-corrected chi connectivity index (χ2v) is 10.1. The van der Waals surface area contributed by atoms with E-state index in [1.165, 1.54) is 34.4 Å². The Balaban J connectivity index is 1.76. The zero-order valence-electron chi connectivity index (χ0n) is 16.2. The van der Waals surface area contributed by atoms with Gasteiger partial charge in [-0.25, -0.2) is 0 Å². The van der Waals surface area contributed by atoms with Crippen LogP contribution in [0.1, 0.15) is 90.9 Å². The van der Waals surface area contributed by atoms with Gasteiger partial charge in [-0.1, -0.05) is 48.3 Å². The van der Waals surface area contributed by atoms with Crippen LogP contribution in [0.3, 0.4) is 0 Å². The number of carbonyl (C=O) groups is 2. The van der Waals surface area contributed by atoms with Crippen LogP contribution in [0.25, 0.3) is 0 Å². The van der Waals surface area contributed by atoms with Gasteiger partial charge in [-0.3, -0.25) is 9.59 Å². The smallest absolute Gasteiger partial charge is 0.320 e. The van der Waals surface area contributed by atoms with Crippen molar-refractivity contribution in [2.24, 2.45) is 0 Å². The predicted octanol–water partition coefficient (Wildman–Crippen LogP) is 5.68.